The van der Waals surface area contributed by atoms with Crippen molar-refractivity contribution in [2.24, 2.45) is 0 Å². The van der Waals surface area contributed by atoms with Crippen LogP contribution in [0, 0.1) is 0 Å². The summed E-state index contributed by atoms with van der Waals surface area (Å²) in [6.07, 6.45) is 1.58. The number of Topliss-reactive ketones (excluding diaryl/α,β-unsaturated/α-hetero) is 1. The Morgan fingerprint density at radius 2 is 1.71 bits per heavy atom. The van der Waals surface area contributed by atoms with Gasteiger partial charge in [-0.25, -0.2) is 0 Å². The number of benzene rings is 3. The number of carbonyl (C=O) groups excluding carboxylic acids is 2. The van der Waals surface area contributed by atoms with E-state index in [1.807, 2.05) is 30.3 Å². The van der Waals surface area contributed by atoms with Gasteiger partial charge in [-0.3, -0.25) is 19.5 Å². The lowest BCUT2D eigenvalue weighted by atomic mass is 9.98. The number of amides is 1. The van der Waals surface area contributed by atoms with Crippen molar-refractivity contribution in [1.82, 2.24) is 4.98 Å². The molecule has 190 valence electrons. The van der Waals surface area contributed by atoms with E-state index in [0.717, 1.165) is 5.56 Å². The predicted molar refractivity (Wildman–Crippen MR) is 147 cm³/mol. The third-order valence-electron chi connectivity index (χ3n) is 6.20. The van der Waals surface area contributed by atoms with Gasteiger partial charge in [-0.2, -0.15) is 0 Å². The Morgan fingerprint density at radius 1 is 0.974 bits per heavy atom. The zero-order valence-corrected chi connectivity index (χ0v) is 22.0. The molecule has 7 nitrogen and oxygen atoms in total. The molecule has 1 unspecified atom stereocenters. The molecule has 8 heteroatoms. The van der Waals surface area contributed by atoms with Gasteiger partial charge in [0.05, 0.1) is 22.8 Å². The fourth-order valence-corrected chi connectivity index (χ4v) is 4.87. The van der Waals surface area contributed by atoms with Crippen LogP contribution >= 0.6 is 15.9 Å². The Hall–Kier alpha value is -4.43. The van der Waals surface area contributed by atoms with Crippen LogP contribution in [0.2, 0.25) is 0 Å². The first-order valence-corrected chi connectivity index (χ1v) is 12.6. The molecule has 3 aromatic carbocycles. The fraction of sp³-hybridized carbons (Fsp3) is 0.100. The maximum absolute atomic E-state index is 13.3. The number of ketones is 1. The zero-order valence-electron chi connectivity index (χ0n) is 20.4. The number of carbonyl (C=O) groups is 2. The summed E-state index contributed by atoms with van der Waals surface area (Å²) in [5, 5.41) is 11.3. The monoisotopic (exact) mass is 570 g/mol. The lowest BCUT2D eigenvalue weighted by Gasteiger charge is -2.24. The maximum Gasteiger partial charge on any atom is 0.300 e. The normalized spacial score (nSPS) is 16.5. The van der Waals surface area contributed by atoms with Gasteiger partial charge in [0, 0.05) is 17.4 Å². The van der Waals surface area contributed by atoms with Gasteiger partial charge in [0.1, 0.15) is 29.9 Å². The molecule has 1 fully saturated rings. The fourth-order valence-electron chi connectivity index (χ4n) is 4.33. The van der Waals surface area contributed by atoms with Crippen molar-refractivity contribution < 1.29 is 24.2 Å². The van der Waals surface area contributed by atoms with Crippen molar-refractivity contribution in [3.63, 3.8) is 0 Å². The molecular formula is C30H23BrN2O5. The van der Waals surface area contributed by atoms with Gasteiger partial charge in [-0.1, -0.05) is 36.4 Å². The molecule has 2 heterocycles. The van der Waals surface area contributed by atoms with Crippen LogP contribution < -0.4 is 14.4 Å². The van der Waals surface area contributed by atoms with E-state index in [1.54, 1.807) is 66.9 Å². The second kappa shape index (κ2) is 10.9. The average Bonchev–Trinajstić information content (AvgIpc) is 3.22. The number of anilines is 1. The molecule has 0 bridgehead atoms. The number of methoxy groups -OCH3 is 1. The average molecular weight is 571 g/mol. The van der Waals surface area contributed by atoms with Crippen molar-refractivity contribution in [1.29, 1.82) is 0 Å². The van der Waals surface area contributed by atoms with Crippen LogP contribution in [-0.2, 0) is 16.2 Å². The van der Waals surface area contributed by atoms with Crippen LogP contribution in [0.5, 0.6) is 11.5 Å². The minimum atomic E-state index is -0.923. The van der Waals surface area contributed by atoms with Crippen molar-refractivity contribution in [2.75, 3.05) is 12.0 Å². The van der Waals surface area contributed by atoms with Crippen LogP contribution in [0.4, 0.5) is 5.69 Å². The molecule has 0 saturated carbocycles. The molecule has 1 aliphatic rings. The van der Waals surface area contributed by atoms with Crippen LogP contribution in [-0.4, -0.2) is 28.9 Å². The topological polar surface area (TPSA) is 89.0 Å². The summed E-state index contributed by atoms with van der Waals surface area (Å²) < 4.78 is 11.7. The van der Waals surface area contributed by atoms with E-state index in [2.05, 4.69) is 20.9 Å². The lowest BCUT2D eigenvalue weighted by molar-refractivity contribution is -0.132. The molecule has 1 atom stereocenters. The zero-order chi connectivity index (χ0) is 26.6. The van der Waals surface area contributed by atoms with Gasteiger partial charge >= 0.3 is 0 Å². The summed E-state index contributed by atoms with van der Waals surface area (Å²) in [6.45, 7) is 0.399. The number of rotatable bonds is 7. The number of ether oxygens (including phenoxy) is 2. The Balaban J connectivity index is 1.52. The molecule has 1 aromatic heterocycles. The van der Waals surface area contributed by atoms with E-state index in [4.69, 9.17) is 9.47 Å². The quantitative estimate of drug-likeness (QED) is 0.165. The number of aliphatic hydroxyl groups is 1. The van der Waals surface area contributed by atoms with Gasteiger partial charge in [0.2, 0.25) is 0 Å². The standard InChI is InChI=1S/C30H23BrN2O5/c1-37-25-15-10-20(17-23(25)31)28(34)26-27(24-9-5-6-16-32-24)33(30(36)29(26)35)21-11-13-22(14-12-21)38-18-19-7-3-2-4-8-19/h2-17,27,34H,18H2,1H3/b28-26-. The summed E-state index contributed by atoms with van der Waals surface area (Å²) >= 11 is 3.41. The van der Waals surface area contributed by atoms with Gasteiger partial charge in [0.15, 0.2) is 0 Å². The van der Waals surface area contributed by atoms with E-state index in [-0.39, 0.29) is 11.3 Å². The highest BCUT2D eigenvalue weighted by atomic mass is 79.9. The van der Waals surface area contributed by atoms with E-state index in [0.29, 0.717) is 39.5 Å². The molecule has 1 amide bonds. The Bertz CT molecular complexity index is 1510. The Kier molecular flexibility index (Phi) is 7.24. The second-order valence-corrected chi connectivity index (χ2v) is 9.40. The summed E-state index contributed by atoms with van der Waals surface area (Å²) in [6, 6.07) is 25.9. The van der Waals surface area contributed by atoms with E-state index in [9.17, 15) is 14.7 Å². The second-order valence-electron chi connectivity index (χ2n) is 8.54. The third kappa shape index (κ3) is 4.90. The predicted octanol–water partition coefficient (Wildman–Crippen LogP) is 6.06. The molecule has 1 aliphatic heterocycles. The number of hydrogen-bond acceptors (Lipinski definition) is 6. The largest absolute Gasteiger partial charge is 0.507 e. The first-order valence-electron chi connectivity index (χ1n) is 11.8. The molecule has 0 radical (unpaired) electrons. The van der Waals surface area contributed by atoms with E-state index in [1.165, 1.54) is 12.0 Å². The summed E-state index contributed by atoms with van der Waals surface area (Å²) in [4.78, 5) is 32.4. The Labute approximate surface area is 228 Å². The maximum atomic E-state index is 13.3. The summed E-state index contributed by atoms with van der Waals surface area (Å²) in [5.41, 5.74) is 2.27. The number of aliphatic hydroxyl groups excluding tert-OH is 1. The highest BCUT2D eigenvalue weighted by Gasteiger charge is 2.47. The molecule has 0 aliphatic carbocycles. The third-order valence-corrected chi connectivity index (χ3v) is 6.82. The van der Waals surface area contributed by atoms with Crippen LogP contribution in [0.15, 0.2) is 107 Å². The molecule has 5 rings (SSSR count). The molecule has 1 saturated heterocycles. The first-order chi connectivity index (χ1) is 18.5. The highest BCUT2D eigenvalue weighted by molar-refractivity contribution is 9.10. The lowest BCUT2D eigenvalue weighted by Crippen LogP contribution is -2.29. The van der Waals surface area contributed by atoms with Gasteiger partial charge in [-0.15, -0.1) is 0 Å². The van der Waals surface area contributed by atoms with Crippen LogP contribution in [0.1, 0.15) is 22.9 Å². The van der Waals surface area contributed by atoms with Gasteiger partial charge in [0.25, 0.3) is 11.7 Å². The van der Waals surface area contributed by atoms with Crippen molar-refractivity contribution in [2.45, 2.75) is 12.6 Å². The van der Waals surface area contributed by atoms with Crippen molar-refractivity contribution in [3.05, 3.63) is 124 Å². The van der Waals surface area contributed by atoms with Gasteiger partial charge in [-0.05, 0) is 76.1 Å². The minimum Gasteiger partial charge on any atom is -0.507 e. The van der Waals surface area contributed by atoms with Crippen molar-refractivity contribution in [3.8, 4) is 11.5 Å². The summed E-state index contributed by atoms with van der Waals surface area (Å²) in [7, 11) is 1.53. The van der Waals surface area contributed by atoms with Gasteiger partial charge < -0.3 is 14.6 Å². The SMILES string of the molecule is COc1ccc(/C(O)=C2/C(=O)C(=O)N(c3ccc(OCc4ccccc4)cc3)C2c2ccccn2)cc1Br. The van der Waals surface area contributed by atoms with Crippen LogP contribution in [0.25, 0.3) is 5.76 Å². The number of aromatic nitrogens is 1. The van der Waals surface area contributed by atoms with E-state index < -0.39 is 17.7 Å². The molecule has 4 aromatic rings. The van der Waals surface area contributed by atoms with E-state index >= 15 is 0 Å². The Morgan fingerprint density at radius 3 is 2.37 bits per heavy atom. The number of hydrogen-bond donors (Lipinski definition) is 1. The molecular weight excluding hydrogens is 548 g/mol. The molecule has 1 N–H and O–H groups in total. The number of halogens is 1. The highest BCUT2D eigenvalue weighted by Crippen LogP contribution is 2.42. The molecule has 38 heavy (non-hydrogen) atoms. The first kappa shape index (κ1) is 25.2. The minimum absolute atomic E-state index is 0.0461. The number of pyridine rings is 1. The summed E-state index contributed by atoms with van der Waals surface area (Å²) in [5.74, 6) is -0.667. The van der Waals surface area contributed by atoms with Crippen molar-refractivity contribution >= 4 is 39.1 Å². The molecule has 0 spiro atoms. The van der Waals surface area contributed by atoms with Crippen LogP contribution in [0.3, 0.4) is 0 Å². The smallest absolute Gasteiger partial charge is 0.300 e. The number of nitrogens with zero attached hydrogens (tertiary/aromatic N) is 2.